The fraction of sp³-hybridized carbons (Fsp3) is 0.300. The summed E-state index contributed by atoms with van der Waals surface area (Å²) in [5.41, 5.74) is 3.60. The first-order valence-electron chi connectivity index (χ1n) is 8.49. The Kier molecular flexibility index (Phi) is 3.79. The van der Waals surface area contributed by atoms with Crippen LogP contribution in [0.4, 0.5) is 15.8 Å². The van der Waals surface area contributed by atoms with Gasteiger partial charge in [-0.05, 0) is 60.2 Å². The van der Waals surface area contributed by atoms with E-state index in [1.54, 1.807) is 18.0 Å². The van der Waals surface area contributed by atoms with Crippen LogP contribution in [0.15, 0.2) is 42.5 Å². The molecule has 1 N–H and O–H groups in total. The van der Waals surface area contributed by atoms with Gasteiger partial charge in [-0.25, -0.2) is 4.39 Å². The predicted molar refractivity (Wildman–Crippen MR) is 94.1 cm³/mol. The standard InChI is InChI=1S/C20H19FN2O2/c1-23-18-7-6-15(10-13(18)5-8-19(23)24)22-20(25)17-11-16(17)12-3-2-4-14(21)9-12/h2-4,6-7,9-10,16-17H,5,8,11H2,1H3,(H,22,25)/t16-,17-/m1/s1. The number of hydrogen-bond donors (Lipinski definition) is 1. The average molecular weight is 338 g/mol. The summed E-state index contributed by atoms with van der Waals surface area (Å²) in [7, 11) is 1.77. The van der Waals surface area contributed by atoms with Crippen LogP contribution in [0.3, 0.4) is 0 Å². The highest BCUT2D eigenvalue weighted by atomic mass is 19.1. The summed E-state index contributed by atoms with van der Waals surface area (Å²) in [5, 5.41) is 2.96. The van der Waals surface area contributed by atoms with Crippen molar-refractivity contribution >= 4 is 23.2 Å². The van der Waals surface area contributed by atoms with Crippen molar-refractivity contribution in [2.45, 2.75) is 25.2 Å². The van der Waals surface area contributed by atoms with E-state index < -0.39 is 0 Å². The van der Waals surface area contributed by atoms with Gasteiger partial charge in [0.05, 0.1) is 0 Å². The van der Waals surface area contributed by atoms with Gasteiger partial charge in [0.15, 0.2) is 0 Å². The van der Waals surface area contributed by atoms with Crippen LogP contribution in [0.5, 0.6) is 0 Å². The number of halogens is 1. The molecule has 0 bridgehead atoms. The van der Waals surface area contributed by atoms with Crippen LogP contribution in [0.1, 0.15) is 29.9 Å². The Hall–Kier alpha value is -2.69. The maximum absolute atomic E-state index is 13.3. The van der Waals surface area contributed by atoms with E-state index in [1.165, 1.54) is 12.1 Å². The first-order valence-corrected chi connectivity index (χ1v) is 8.49. The number of nitrogens with one attached hydrogen (secondary N) is 1. The van der Waals surface area contributed by atoms with Crippen molar-refractivity contribution in [3.8, 4) is 0 Å². The summed E-state index contributed by atoms with van der Waals surface area (Å²) in [6.45, 7) is 0. The van der Waals surface area contributed by atoms with Gasteiger partial charge in [0.2, 0.25) is 11.8 Å². The van der Waals surface area contributed by atoms with Crippen molar-refractivity contribution in [2.75, 3.05) is 17.3 Å². The Bertz CT molecular complexity index is 865. The van der Waals surface area contributed by atoms with Gasteiger partial charge in [-0.15, -0.1) is 0 Å². The number of aryl methyl sites for hydroxylation is 1. The Morgan fingerprint density at radius 3 is 2.84 bits per heavy atom. The minimum atomic E-state index is -0.267. The third kappa shape index (κ3) is 3.02. The second kappa shape index (κ2) is 5.99. The van der Waals surface area contributed by atoms with Crippen LogP contribution >= 0.6 is 0 Å². The van der Waals surface area contributed by atoms with Crippen molar-refractivity contribution in [1.29, 1.82) is 0 Å². The maximum atomic E-state index is 13.3. The number of amides is 2. The van der Waals surface area contributed by atoms with E-state index in [2.05, 4.69) is 5.32 Å². The smallest absolute Gasteiger partial charge is 0.228 e. The van der Waals surface area contributed by atoms with E-state index in [4.69, 9.17) is 0 Å². The van der Waals surface area contributed by atoms with E-state index in [1.807, 2.05) is 24.3 Å². The number of rotatable bonds is 3. The van der Waals surface area contributed by atoms with Gasteiger partial charge in [0.1, 0.15) is 5.82 Å². The van der Waals surface area contributed by atoms with E-state index in [0.29, 0.717) is 12.8 Å². The zero-order valence-corrected chi connectivity index (χ0v) is 14.0. The summed E-state index contributed by atoms with van der Waals surface area (Å²) in [5.74, 6) is -0.203. The fourth-order valence-corrected chi connectivity index (χ4v) is 3.56. The molecule has 1 saturated carbocycles. The summed E-state index contributed by atoms with van der Waals surface area (Å²) in [6, 6.07) is 12.1. The maximum Gasteiger partial charge on any atom is 0.228 e. The van der Waals surface area contributed by atoms with Crippen LogP contribution in [0.2, 0.25) is 0 Å². The van der Waals surface area contributed by atoms with Crippen molar-refractivity contribution in [3.05, 3.63) is 59.4 Å². The molecule has 0 spiro atoms. The molecule has 0 saturated heterocycles. The molecule has 2 atom stereocenters. The second-order valence-corrected chi connectivity index (χ2v) is 6.79. The van der Waals surface area contributed by atoms with Crippen LogP contribution < -0.4 is 10.2 Å². The first-order chi connectivity index (χ1) is 12.0. The Morgan fingerprint density at radius 1 is 1.20 bits per heavy atom. The van der Waals surface area contributed by atoms with Gasteiger partial charge < -0.3 is 10.2 Å². The summed E-state index contributed by atoms with van der Waals surface area (Å²) in [4.78, 5) is 25.9. The van der Waals surface area contributed by atoms with Crippen molar-refractivity contribution in [2.24, 2.45) is 5.92 Å². The van der Waals surface area contributed by atoms with Gasteiger partial charge in [0, 0.05) is 30.8 Å². The largest absolute Gasteiger partial charge is 0.326 e. The zero-order chi connectivity index (χ0) is 17.6. The lowest BCUT2D eigenvalue weighted by Gasteiger charge is -2.26. The van der Waals surface area contributed by atoms with E-state index in [9.17, 15) is 14.0 Å². The molecule has 2 aromatic carbocycles. The van der Waals surface area contributed by atoms with Crippen LogP contribution in [-0.2, 0) is 16.0 Å². The lowest BCUT2D eigenvalue weighted by atomic mass is 10.0. The van der Waals surface area contributed by atoms with E-state index in [-0.39, 0.29) is 29.5 Å². The van der Waals surface area contributed by atoms with E-state index in [0.717, 1.165) is 28.9 Å². The molecule has 5 heteroatoms. The lowest BCUT2D eigenvalue weighted by molar-refractivity contribution is -0.119. The zero-order valence-electron chi connectivity index (χ0n) is 14.0. The van der Waals surface area contributed by atoms with Crippen molar-refractivity contribution in [1.82, 2.24) is 0 Å². The molecule has 1 aliphatic carbocycles. The van der Waals surface area contributed by atoms with Crippen molar-refractivity contribution in [3.63, 3.8) is 0 Å². The fourth-order valence-electron chi connectivity index (χ4n) is 3.56. The minimum absolute atomic E-state index is 0.0329. The Morgan fingerprint density at radius 2 is 2.04 bits per heavy atom. The van der Waals surface area contributed by atoms with E-state index >= 15 is 0 Å². The molecule has 25 heavy (non-hydrogen) atoms. The molecular formula is C20H19FN2O2. The highest BCUT2D eigenvalue weighted by Gasteiger charge is 2.44. The van der Waals surface area contributed by atoms with Crippen LogP contribution in [0.25, 0.3) is 0 Å². The number of fused-ring (bicyclic) bond motifs is 1. The molecule has 0 aromatic heterocycles. The SMILES string of the molecule is CN1C(=O)CCc2cc(NC(=O)[C@@H]3C[C@@H]3c3cccc(F)c3)ccc21. The third-order valence-corrected chi connectivity index (χ3v) is 5.09. The number of hydrogen-bond acceptors (Lipinski definition) is 2. The van der Waals surface area contributed by atoms with Gasteiger partial charge in [-0.2, -0.15) is 0 Å². The summed E-state index contributed by atoms with van der Waals surface area (Å²) >= 11 is 0. The molecule has 1 fully saturated rings. The third-order valence-electron chi connectivity index (χ3n) is 5.09. The molecule has 2 aromatic rings. The Labute approximate surface area is 145 Å². The molecule has 1 aliphatic heterocycles. The van der Waals surface area contributed by atoms with Gasteiger partial charge in [0.25, 0.3) is 0 Å². The molecule has 128 valence electrons. The molecule has 2 amide bonds. The highest BCUT2D eigenvalue weighted by molar-refractivity contribution is 5.98. The molecule has 0 radical (unpaired) electrons. The van der Waals surface area contributed by atoms with Gasteiger partial charge >= 0.3 is 0 Å². The highest BCUT2D eigenvalue weighted by Crippen LogP contribution is 2.48. The summed E-state index contributed by atoms with van der Waals surface area (Å²) in [6.07, 6.45) is 1.93. The first kappa shape index (κ1) is 15.8. The minimum Gasteiger partial charge on any atom is -0.326 e. The topological polar surface area (TPSA) is 49.4 Å². The van der Waals surface area contributed by atoms with Crippen LogP contribution in [-0.4, -0.2) is 18.9 Å². The second-order valence-electron chi connectivity index (χ2n) is 6.79. The summed E-state index contributed by atoms with van der Waals surface area (Å²) < 4.78 is 13.3. The van der Waals surface area contributed by atoms with Gasteiger partial charge in [-0.3, -0.25) is 9.59 Å². The molecule has 1 heterocycles. The lowest BCUT2D eigenvalue weighted by Crippen LogP contribution is -2.31. The molecule has 4 nitrogen and oxygen atoms in total. The number of benzene rings is 2. The molecular weight excluding hydrogens is 319 g/mol. The van der Waals surface area contributed by atoms with Crippen molar-refractivity contribution < 1.29 is 14.0 Å². The normalized spacial score (nSPS) is 21.7. The molecule has 2 aliphatic rings. The average Bonchev–Trinajstić information content (AvgIpc) is 3.39. The number of carbonyl (C=O) groups is 2. The monoisotopic (exact) mass is 338 g/mol. The van der Waals surface area contributed by atoms with Crippen LogP contribution in [0, 0.1) is 11.7 Å². The quantitative estimate of drug-likeness (QED) is 0.931. The number of nitrogens with zero attached hydrogens (tertiary/aromatic N) is 1. The number of anilines is 2. The van der Waals surface area contributed by atoms with Gasteiger partial charge in [-0.1, -0.05) is 12.1 Å². The molecule has 4 rings (SSSR count). The number of carbonyl (C=O) groups excluding carboxylic acids is 2. The molecule has 0 unspecified atom stereocenters. The Balaban J connectivity index is 1.45. The predicted octanol–water partition coefficient (Wildman–Crippen LogP) is 3.48.